The van der Waals surface area contributed by atoms with Gasteiger partial charge < -0.3 is 23.6 Å². The quantitative estimate of drug-likeness (QED) is 0.405. The minimum Gasteiger partial charge on any atom is -0.490 e. The number of aliphatic hydroxyl groups excluding tert-OH is 1. The third kappa shape index (κ3) is 4.83. The number of furan rings is 1. The molecule has 1 aromatic carbocycles. The van der Waals surface area contributed by atoms with Gasteiger partial charge in [-0.05, 0) is 69.5 Å². The first-order valence-electron chi connectivity index (χ1n) is 11.4. The van der Waals surface area contributed by atoms with Gasteiger partial charge >= 0.3 is 0 Å². The summed E-state index contributed by atoms with van der Waals surface area (Å²) in [4.78, 5) is 5.27. The van der Waals surface area contributed by atoms with Crippen molar-refractivity contribution in [3.05, 3.63) is 51.5 Å². The van der Waals surface area contributed by atoms with Crippen LogP contribution in [0.4, 0.5) is 0 Å². The molecule has 1 N–H and O–H groups in total. The highest BCUT2D eigenvalue weighted by molar-refractivity contribution is 7.12. The molecule has 3 aromatic heterocycles. The number of β-amino-alcohol motifs (C(OH)–C–C–N with tert-alkyl or cyclic N) is 1. The fraction of sp³-hybridized carbons (Fsp3) is 0.440. The Morgan fingerprint density at radius 1 is 1.15 bits per heavy atom. The number of nitrogens with zero attached hydrogens (tertiary/aromatic N) is 3. The Balaban J connectivity index is 1.16. The molecule has 0 spiro atoms. The lowest BCUT2D eigenvalue weighted by molar-refractivity contribution is 0.0600. The largest absolute Gasteiger partial charge is 0.490 e. The molecule has 1 fully saturated rings. The molecule has 33 heavy (non-hydrogen) atoms. The van der Waals surface area contributed by atoms with Crippen molar-refractivity contribution >= 4 is 22.3 Å². The van der Waals surface area contributed by atoms with E-state index in [1.54, 1.807) is 6.92 Å². The molecular weight excluding hydrogens is 438 g/mol. The molecule has 0 aliphatic carbocycles. The third-order valence-electron chi connectivity index (χ3n) is 6.33. The molecule has 174 valence electrons. The highest BCUT2D eigenvalue weighted by Gasteiger charge is 2.24. The van der Waals surface area contributed by atoms with Crippen LogP contribution >= 0.6 is 11.3 Å². The number of rotatable bonds is 7. The Hall–Kier alpha value is -2.68. The summed E-state index contributed by atoms with van der Waals surface area (Å²) < 4.78 is 17.3. The van der Waals surface area contributed by atoms with E-state index in [0.29, 0.717) is 41.3 Å². The number of aryl methyl sites for hydroxylation is 3. The van der Waals surface area contributed by atoms with E-state index in [0.717, 1.165) is 31.3 Å². The summed E-state index contributed by atoms with van der Waals surface area (Å²) in [6.45, 7) is 8.97. The fourth-order valence-electron chi connectivity index (χ4n) is 4.40. The number of benzene rings is 1. The standard InChI is InChI=1S/C25H29N3O4S/c1-15-11-24(33-16(15)2)18-7-9-28(10-8-18)13-19(29)14-30-21-5-4-6-22-20(21)12-23(32-22)25-27-26-17(3)31-25/h4-6,11-12,18-19,29H,7-10,13-14H2,1-3H3/t19-/m0/s1. The lowest BCUT2D eigenvalue weighted by atomic mass is 9.94. The van der Waals surface area contributed by atoms with E-state index in [-0.39, 0.29) is 6.61 Å². The molecule has 0 unspecified atom stereocenters. The maximum absolute atomic E-state index is 10.6. The van der Waals surface area contributed by atoms with E-state index in [9.17, 15) is 5.11 Å². The van der Waals surface area contributed by atoms with Crippen LogP contribution in [0, 0.1) is 20.8 Å². The van der Waals surface area contributed by atoms with Crippen molar-refractivity contribution in [3.63, 3.8) is 0 Å². The number of piperidine rings is 1. The van der Waals surface area contributed by atoms with Crippen LogP contribution in [0.2, 0.25) is 0 Å². The van der Waals surface area contributed by atoms with Crippen molar-refractivity contribution in [1.29, 1.82) is 0 Å². The number of aliphatic hydroxyl groups is 1. The molecule has 4 heterocycles. The lowest BCUT2D eigenvalue weighted by Crippen LogP contribution is -2.40. The molecule has 4 aromatic rings. The van der Waals surface area contributed by atoms with E-state index in [1.807, 2.05) is 35.6 Å². The molecule has 0 saturated carbocycles. The van der Waals surface area contributed by atoms with E-state index in [4.69, 9.17) is 13.6 Å². The summed E-state index contributed by atoms with van der Waals surface area (Å²) in [5.74, 6) is 2.63. The number of aromatic nitrogens is 2. The number of ether oxygens (including phenoxy) is 1. The van der Waals surface area contributed by atoms with E-state index in [1.165, 1.54) is 15.3 Å². The molecular formula is C25H29N3O4S. The minimum atomic E-state index is -0.562. The number of thiophene rings is 1. The zero-order chi connectivity index (χ0) is 22.9. The van der Waals surface area contributed by atoms with Crippen LogP contribution in [0.15, 0.2) is 39.2 Å². The van der Waals surface area contributed by atoms with Crippen LogP contribution < -0.4 is 4.74 Å². The van der Waals surface area contributed by atoms with Gasteiger partial charge in [-0.25, -0.2) is 0 Å². The van der Waals surface area contributed by atoms with Gasteiger partial charge in [0.2, 0.25) is 5.89 Å². The number of likely N-dealkylation sites (tertiary alicyclic amines) is 1. The van der Waals surface area contributed by atoms with Crippen molar-refractivity contribution in [1.82, 2.24) is 15.1 Å². The van der Waals surface area contributed by atoms with Crippen molar-refractivity contribution in [2.45, 2.75) is 45.6 Å². The molecule has 0 radical (unpaired) electrons. The van der Waals surface area contributed by atoms with Gasteiger partial charge in [0.1, 0.15) is 24.0 Å². The number of hydrogen-bond donors (Lipinski definition) is 1. The van der Waals surface area contributed by atoms with Crippen molar-refractivity contribution in [3.8, 4) is 17.4 Å². The fourth-order valence-corrected chi connectivity index (χ4v) is 5.61. The lowest BCUT2D eigenvalue weighted by Gasteiger charge is -2.32. The van der Waals surface area contributed by atoms with Crippen LogP contribution in [0.1, 0.15) is 40.0 Å². The van der Waals surface area contributed by atoms with Gasteiger partial charge in [0.25, 0.3) is 5.89 Å². The first-order chi connectivity index (χ1) is 16.0. The maximum atomic E-state index is 10.6. The molecule has 1 aliphatic heterocycles. The predicted molar refractivity (Wildman–Crippen MR) is 128 cm³/mol. The van der Waals surface area contributed by atoms with Gasteiger partial charge in [-0.2, -0.15) is 0 Å². The Kier molecular flexibility index (Phi) is 6.23. The van der Waals surface area contributed by atoms with Crippen LogP contribution in [0.25, 0.3) is 22.6 Å². The summed E-state index contributed by atoms with van der Waals surface area (Å²) in [5.41, 5.74) is 2.07. The molecule has 8 heteroatoms. The summed E-state index contributed by atoms with van der Waals surface area (Å²) in [6, 6.07) is 9.80. The Bertz CT molecular complexity index is 1220. The average molecular weight is 468 g/mol. The van der Waals surface area contributed by atoms with Crippen molar-refractivity contribution < 1.29 is 18.7 Å². The van der Waals surface area contributed by atoms with Gasteiger partial charge in [-0.3, -0.25) is 0 Å². The maximum Gasteiger partial charge on any atom is 0.283 e. The highest BCUT2D eigenvalue weighted by Crippen LogP contribution is 2.35. The Labute approximate surface area is 197 Å². The molecule has 7 nitrogen and oxygen atoms in total. The summed E-state index contributed by atoms with van der Waals surface area (Å²) in [7, 11) is 0. The number of fused-ring (bicyclic) bond motifs is 1. The second kappa shape index (κ2) is 9.29. The normalized spacial score (nSPS) is 16.5. The van der Waals surface area contributed by atoms with Crippen LogP contribution in [0.3, 0.4) is 0 Å². The SMILES string of the molecule is Cc1nnc(-c2cc3c(OC[C@@H](O)CN4CCC(c5cc(C)c(C)s5)CC4)cccc3o2)o1. The average Bonchev–Trinajstić information content (AvgIpc) is 3.51. The Morgan fingerprint density at radius 2 is 1.97 bits per heavy atom. The summed E-state index contributed by atoms with van der Waals surface area (Å²) in [6.07, 6.45) is 1.71. The summed E-state index contributed by atoms with van der Waals surface area (Å²) in [5, 5.41) is 19.3. The zero-order valence-electron chi connectivity index (χ0n) is 19.2. The molecule has 0 bridgehead atoms. The topological polar surface area (TPSA) is 84.8 Å². The molecule has 1 aliphatic rings. The van der Waals surface area contributed by atoms with Gasteiger partial charge in [0.15, 0.2) is 5.76 Å². The zero-order valence-corrected chi connectivity index (χ0v) is 20.0. The van der Waals surface area contributed by atoms with E-state index in [2.05, 4.69) is 35.0 Å². The monoisotopic (exact) mass is 467 g/mol. The second-order valence-corrected chi connectivity index (χ2v) is 10.1. The first-order valence-corrected chi connectivity index (χ1v) is 12.2. The van der Waals surface area contributed by atoms with Crippen LogP contribution in [-0.4, -0.2) is 52.5 Å². The van der Waals surface area contributed by atoms with Gasteiger partial charge in [-0.15, -0.1) is 21.5 Å². The van der Waals surface area contributed by atoms with E-state index < -0.39 is 6.10 Å². The Morgan fingerprint density at radius 3 is 2.67 bits per heavy atom. The van der Waals surface area contributed by atoms with E-state index >= 15 is 0 Å². The van der Waals surface area contributed by atoms with Gasteiger partial charge in [-0.1, -0.05) is 6.07 Å². The van der Waals surface area contributed by atoms with Crippen molar-refractivity contribution in [2.75, 3.05) is 26.2 Å². The molecule has 1 saturated heterocycles. The van der Waals surface area contributed by atoms with Gasteiger partial charge in [0, 0.05) is 29.3 Å². The molecule has 1 atom stereocenters. The first kappa shape index (κ1) is 22.1. The van der Waals surface area contributed by atoms with Crippen LogP contribution in [0.5, 0.6) is 5.75 Å². The smallest absolute Gasteiger partial charge is 0.283 e. The predicted octanol–water partition coefficient (Wildman–Crippen LogP) is 5.09. The third-order valence-corrected chi connectivity index (χ3v) is 7.65. The van der Waals surface area contributed by atoms with Crippen LogP contribution in [-0.2, 0) is 0 Å². The summed E-state index contributed by atoms with van der Waals surface area (Å²) >= 11 is 1.94. The number of hydrogen-bond acceptors (Lipinski definition) is 8. The highest BCUT2D eigenvalue weighted by atomic mass is 32.1. The van der Waals surface area contributed by atoms with Crippen molar-refractivity contribution in [2.24, 2.45) is 0 Å². The second-order valence-electron chi connectivity index (χ2n) is 8.83. The molecule has 5 rings (SSSR count). The minimum absolute atomic E-state index is 0.225. The van der Waals surface area contributed by atoms with Gasteiger partial charge in [0.05, 0.1) is 5.39 Å². The molecule has 0 amide bonds.